The van der Waals surface area contributed by atoms with Crippen molar-refractivity contribution in [3.8, 4) is 0 Å². The molecule has 0 amide bonds. The van der Waals surface area contributed by atoms with Gasteiger partial charge in [0.1, 0.15) is 0 Å². The third-order valence-corrected chi connectivity index (χ3v) is 7.39. The quantitative estimate of drug-likeness (QED) is 0.466. The molecule has 4 rings (SSSR count). The van der Waals surface area contributed by atoms with Gasteiger partial charge in [-0.05, 0) is 75.6 Å². The molecule has 178 valence electrons. The minimum absolute atomic E-state index is 0. The zero-order chi connectivity index (χ0) is 20.8. The van der Waals surface area contributed by atoms with Crippen LogP contribution in [-0.2, 0) is 0 Å². The lowest BCUT2D eigenvalue weighted by atomic mass is 9.87. The van der Waals surface area contributed by atoms with Gasteiger partial charge in [-0.25, -0.2) is 0 Å². The van der Waals surface area contributed by atoms with E-state index in [2.05, 4.69) is 72.6 Å². The van der Waals surface area contributed by atoms with Crippen molar-refractivity contribution in [2.45, 2.75) is 103 Å². The zero-order valence-corrected chi connectivity index (χ0v) is 21.5. The smallest absolute Gasteiger partial charge is 0.0443 e. The maximum Gasteiger partial charge on any atom is 0.0443 e. The molecule has 2 saturated carbocycles. The van der Waals surface area contributed by atoms with Gasteiger partial charge in [-0.3, -0.25) is 0 Å². The number of nitrogens with zero attached hydrogens (tertiary/aromatic N) is 1. The first-order valence-electron chi connectivity index (χ1n) is 12.4. The molecule has 2 aromatic rings. The number of halogens is 2. The average Bonchev–Trinajstić information content (AvgIpc) is 2.74. The Kier molecular flexibility index (Phi) is 11.4. The van der Waals surface area contributed by atoms with Crippen molar-refractivity contribution >= 4 is 36.2 Å². The van der Waals surface area contributed by atoms with Gasteiger partial charge in [0.2, 0.25) is 0 Å². The molecule has 0 atom stereocenters. The molecule has 4 heteroatoms. The van der Waals surface area contributed by atoms with Crippen molar-refractivity contribution in [3.05, 3.63) is 59.7 Å². The van der Waals surface area contributed by atoms with Gasteiger partial charge in [-0.2, -0.15) is 0 Å². The molecule has 2 fully saturated rings. The summed E-state index contributed by atoms with van der Waals surface area (Å²) < 4.78 is 0. The Balaban J connectivity index is 0.00000181. The Hall–Kier alpha value is -1.22. The molecule has 1 N–H and O–H groups in total. The normalized spacial score (nSPS) is 22.1. The largest absolute Gasteiger partial charge is 0.338 e. The van der Waals surface area contributed by atoms with Gasteiger partial charge in [0, 0.05) is 29.5 Å². The van der Waals surface area contributed by atoms with Gasteiger partial charge in [-0.15, -0.1) is 24.8 Å². The summed E-state index contributed by atoms with van der Waals surface area (Å²) in [4.78, 5) is 2.65. The van der Waals surface area contributed by atoms with Gasteiger partial charge >= 0.3 is 0 Å². The van der Waals surface area contributed by atoms with E-state index in [-0.39, 0.29) is 24.8 Å². The van der Waals surface area contributed by atoms with E-state index in [1.165, 1.54) is 93.1 Å². The van der Waals surface area contributed by atoms with Crippen LogP contribution in [-0.4, -0.2) is 18.1 Å². The Morgan fingerprint density at radius 2 is 1.03 bits per heavy atom. The lowest BCUT2D eigenvalue weighted by molar-refractivity contribution is 0.286. The number of benzene rings is 2. The number of aryl methyl sites for hydroxylation is 2. The summed E-state index contributed by atoms with van der Waals surface area (Å²) in [5, 5.41) is 4.07. The van der Waals surface area contributed by atoms with E-state index in [4.69, 9.17) is 0 Å². The molecule has 0 spiro atoms. The fraction of sp³-hybridized carbons (Fsp3) is 0.571. The number of anilines is 2. The Labute approximate surface area is 208 Å². The first-order valence-corrected chi connectivity index (χ1v) is 12.4. The van der Waals surface area contributed by atoms with Gasteiger partial charge in [0.25, 0.3) is 0 Å². The highest BCUT2D eigenvalue weighted by molar-refractivity contribution is 5.85. The highest BCUT2D eigenvalue weighted by Gasteiger charge is 2.29. The Bertz CT molecular complexity index is 748. The molecule has 32 heavy (non-hydrogen) atoms. The number of para-hydroxylation sites is 2. The molecule has 0 saturated heterocycles. The van der Waals surface area contributed by atoms with Crippen molar-refractivity contribution in [2.75, 3.05) is 4.90 Å². The van der Waals surface area contributed by atoms with Crippen LogP contribution in [0.2, 0.25) is 0 Å². The molecule has 0 radical (unpaired) electrons. The summed E-state index contributed by atoms with van der Waals surface area (Å²) in [5.41, 5.74) is 5.50. The van der Waals surface area contributed by atoms with Crippen LogP contribution >= 0.6 is 24.8 Å². The van der Waals surface area contributed by atoms with Gasteiger partial charge in [-0.1, -0.05) is 68.5 Å². The summed E-state index contributed by atoms with van der Waals surface area (Å²) in [5.74, 6) is 0. The van der Waals surface area contributed by atoms with Gasteiger partial charge in [0.15, 0.2) is 0 Å². The fourth-order valence-corrected chi connectivity index (χ4v) is 5.65. The molecule has 2 aromatic carbocycles. The molecular formula is C28H42Cl2N2. The van der Waals surface area contributed by atoms with Gasteiger partial charge in [0.05, 0.1) is 0 Å². The molecule has 0 bridgehead atoms. The summed E-state index contributed by atoms with van der Waals surface area (Å²) in [6.07, 6.45) is 15.1. The first-order chi connectivity index (χ1) is 14.7. The molecule has 2 aliphatic carbocycles. The van der Waals surface area contributed by atoms with Crippen LogP contribution in [0.3, 0.4) is 0 Å². The van der Waals surface area contributed by atoms with Crippen LogP contribution in [0.25, 0.3) is 0 Å². The summed E-state index contributed by atoms with van der Waals surface area (Å²) in [7, 11) is 0. The van der Waals surface area contributed by atoms with Crippen LogP contribution in [0.1, 0.15) is 81.8 Å². The van der Waals surface area contributed by atoms with E-state index in [1.807, 2.05) is 0 Å². The molecular weight excluding hydrogens is 435 g/mol. The van der Waals surface area contributed by atoms with E-state index in [1.54, 1.807) is 0 Å². The molecule has 0 aromatic heterocycles. The molecule has 0 unspecified atom stereocenters. The van der Waals surface area contributed by atoms with Crippen molar-refractivity contribution in [2.24, 2.45) is 0 Å². The SMILES string of the molecule is Cc1ccccc1N(c1ccccc1C)C1CCC(NC2CCCCCCC2)CC1.Cl.Cl. The van der Waals surface area contributed by atoms with Crippen LogP contribution < -0.4 is 10.2 Å². The predicted molar refractivity (Wildman–Crippen MR) is 144 cm³/mol. The average molecular weight is 478 g/mol. The topological polar surface area (TPSA) is 15.3 Å². The highest BCUT2D eigenvalue weighted by atomic mass is 35.5. The minimum atomic E-state index is 0. The molecule has 0 heterocycles. The third kappa shape index (κ3) is 6.89. The van der Waals surface area contributed by atoms with Crippen molar-refractivity contribution in [3.63, 3.8) is 0 Å². The van der Waals surface area contributed by atoms with E-state index >= 15 is 0 Å². The maximum absolute atomic E-state index is 4.07. The predicted octanol–water partition coefficient (Wildman–Crippen LogP) is 8.30. The standard InChI is InChI=1S/C28H40N2.2ClH/c1-22-12-8-10-16-27(22)30(28-17-11-9-13-23(28)2)26-20-18-25(19-21-26)29-24-14-6-4-3-5-7-15-24;;/h8-13,16-17,24-26,29H,3-7,14-15,18-21H2,1-2H3;2*1H. The summed E-state index contributed by atoms with van der Waals surface area (Å²) >= 11 is 0. The number of rotatable bonds is 5. The van der Waals surface area contributed by atoms with Gasteiger partial charge < -0.3 is 10.2 Å². The lowest BCUT2D eigenvalue weighted by Crippen LogP contribution is -2.44. The third-order valence-electron chi connectivity index (χ3n) is 7.39. The molecule has 0 aliphatic heterocycles. The van der Waals surface area contributed by atoms with Crippen molar-refractivity contribution in [1.29, 1.82) is 0 Å². The zero-order valence-electron chi connectivity index (χ0n) is 19.9. The second-order valence-corrected chi connectivity index (χ2v) is 9.66. The van der Waals surface area contributed by atoms with Crippen LogP contribution in [0, 0.1) is 13.8 Å². The van der Waals surface area contributed by atoms with Crippen molar-refractivity contribution < 1.29 is 0 Å². The second-order valence-electron chi connectivity index (χ2n) is 9.66. The van der Waals surface area contributed by atoms with Crippen LogP contribution in [0.15, 0.2) is 48.5 Å². The monoisotopic (exact) mass is 476 g/mol. The Morgan fingerprint density at radius 3 is 1.53 bits per heavy atom. The van der Waals surface area contributed by atoms with Crippen molar-refractivity contribution in [1.82, 2.24) is 5.32 Å². The second kappa shape index (κ2) is 13.5. The first kappa shape index (κ1) is 27.0. The Morgan fingerprint density at radius 1 is 0.594 bits per heavy atom. The van der Waals surface area contributed by atoms with E-state index in [0.717, 1.165) is 6.04 Å². The minimum Gasteiger partial charge on any atom is -0.338 e. The van der Waals surface area contributed by atoms with E-state index in [9.17, 15) is 0 Å². The fourth-order valence-electron chi connectivity index (χ4n) is 5.65. The van der Waals surface area contributed by atoms with E-state index in [0.29, 0.717) is 12.1 Å². The van der Waals surface area contributed by atoms with Crippen LogP contribution in [0.5, 0.6) is 0 Å². The number of hydrogen-bond acceptors (Lipinski definition) is 2. The lowest BCUT2D eigenvalue weighted by Gasteiger charge is -2.41. The highest BCUT2D eigenvalue weighted by Crippen LogP contribution is 2.37. The van der Waals surface area contributed by atoms with Crippen LogP contribution in [0.4, 0.5) is 11.4 Å². The number of hydrogen-bond donors (Lipinski definition) is 1. The summed E-state index contributed by atoms with van der Waals surface area (Å²) in [6, 6.07) is 19.9. The number of nitrogens with one attached hydrogen (secondary N) is 1. The maximum atomic E-state index is 4.07. The molecule has 2 aliphatic rings. The van der Waals surface area contributed by atoms with E-state index < -0.39 is 0 Å². The summed E-state index contributed by atoms with van der Waals surface area (Å²) in [6.45, 7) is 4.50. The molecule has 2 nitrogen and oxygen atoms in total.